The molecule has 158 valence electrons. The number of pyridine rings is 1. The topological polar surface area (TPSA) is 100 Å². The van der Waals surface area contributed by atoms with Gasteiger partial charge in [-0.2, -0.15) is 5.26 Å². The van der Waals surface area contributed by atoms with Crippen molar-refractivity contribution < 1.29 is 14.2 Å². The molecule has 8 nitrogen and oxygen atoms in total. The zero-order chi connectivity index (χ0) is 21.6. The maximum absolute atomic E-state index is 9.49. The van der Waals surface area contributed by atoms with E-state index in [2.05, 4.69) is 27.0 Å². The van der Waals surface area contributed by atoms with Crippen LogP contribution in [0.4, 0.5) is 11.5 Å². The van der Waals surface area contributed by atoms with Crippen molar-refractivity contribution in [1.82, 2.24) is 10.3 Å². The molecule has 1 aliphatic heterocycles. The standard InChI is InChI=1S/C22H21N5O3S/c1-28-17-5-3-16(4-6-17)26-22(31)25-8-2-7-24-21-15(12-23)9-14-10-19-20(30-13-29-19)11-18(14)27-21/h3-6,9-11H,2,7-8,13H2,1H3,(H,24,27)(H2,25,26,31). The largest absolute Gasteiger partial charge is 0.497 e. The van der Waals surface area contributed by atoms with Crippen molar-refractivity contribution >= 4 is 39.7 Å². The molecule has 1 aliphatic rings. The minimum atomic E-state index is 0.198. The van der Waals surface area contributed by atoms with E-state index < -0.39 is 0 Å². The van der Waals surface area contributed by atoms with Crippen LogP contribution in [0.2, 0.25) is 0 Å². The van der Waals surface area contributed by atoms with E-state index in [0.29, 0.717) is 41.1 Å². The van der Waals surface area contributed by atoms with Crippen LogP contribution in [0.15, 0.2) is 42.5 Å². The Morgan fingerprint density at radius 2 is 1.94 bits per heavy atom. The Bertz CT molecular complexity index is 1140. The molecule has 3 aromatic rings. The molecule has 0 saturated carbocycles. The Balaban J connectivity index is 1.28. The number of benzene rings is 2. The summed E-state index contributed by atoms with van der Waals surface area (Å²) >= 11 is 5.32. The quantitative estimate of drug-likeness (QED) is 0.379. The Morgan fingerprint density at radius 3 is 2.68 bits per heavy atom. The van der Waals surface area contributed by atoms with Gasteiger partial charge in [0.05, 0.1) is 18.2 Å². The molecule has 0 fully saturated rings. The number of nitrogens with zero attached hydrogens (tertiary/aromatic N) is 2. The monoisotopic (exact) mass is 435 g/mol. The second-order valence-corrected chi connectivity index (χ2v) is 7.19. The average Bonchev–Trinajstić information content (AvgIpc) is 3.24. The van der Waals surface area contributed by atoms with Gasteiger partial charge < -0.3 is 30.2 Å². The molecule has 1 aromatic heterocycles. The highest BCUT2D eigenvalue weighted by atomic mass is 32.1. The third-order valence-corrected chi connectivity index (χ3v) is 4.96. The minimum absolute atomic E-state index is 0.198. The molecule has 4 rings (SSSR count). The first kappa shape index (κ1) is 20.5. The molecular formula is C22H21N5O3S. The van der Waals surface area contributed by atoms with E-state index >= 15 is 0 Å². The molecule has 0 atom stereocenters. The van der Waals surface area contributed by atoms with E-state index in [-0.39, 0.29) is 6.79 Å². The van der Waals surface area contributed by atoms with Gasteiger partial charge in [0, 0.05) is 30.2 Å². The number of fused-ring (bicyclic) bond motifs is 2. The first-order valence-electron chi connectivity index (χ1n) is 9.73. The van der Waals surface area contributed by atoms with Crippen LogP contribution < -0.4 is 30.2 Å². The number of thiocarbonyl (C=S) groups is 1. The van der Waals surface area contributed by atoms with Gasteiger partial charge in [-0.05, 0) is 55.0 Å². The van der Waals surface area contributed by atoms with Gasteiger partial charge >= 0.3 is 0 Å². The summed E-state index contributed by atoms with van der Waals surface area (Å²) in [4.78, 5) is 4.59. The molecule has 3 N–H and O–H groups in total. The normalized spacial score (nSPS) is 11.6. The summed E-state index contributed by atoms with van der Waals surface area (Å²) in [6.45, 7) is 1.50. The molecule has 9 heteroatoms. The van der Waals surface area contributed by atoms with Crippen molar-refractivity contribution in [3.8, 4) is 23.3 Å². The van der Waals surface area contributed by atoms with E-state index in [4.69, 9.17) is 26.4 Å². The Kier molecular flexibility index (Phi) is 6.19. The van der Waals surface area contributed by atoms with Gasteiger partial charge in [-0.3, -0.25) is 0 Å². The Labute approximate surface area is 185 Å². The van der Waals surface area contributed by atoms with Gasteiger partial charge in [0.25, 0.3) is 0 Å². The lowest BCUT2D eigenvalue weighted by atomic mass is 10.1. The van der Waals surface area contributed by atoms with Gasteiger partial charge in [0.2, 0.25) is 6.79 Å². The highest BCUT2D eigenvalue weighted by Crippen LogP contribution is 2.36. The van der Waals surface area contributed by atoms with Gasteiger partial charge in [0.1, 0.15) is 17.6 Å². The van der Waals surface area contributed by atoms with Crippen LogP contribution in [-0.4, -0.2) is 37.1 Å². The van der Waals surface area contributed by atoms with Crippen molar-refractivity contribution in [1.29, 1.82) is 5.26 Å². The van der Waals surface area contributed by atoms with Crippen molar-refractivity contribution in [3.05, 3.63) is 48.0 Å². The predicted octanol–water partition coefficient (Wildman–Crippen LogP) is 3.63. The predicted molar refractivity (Wildman–Crippen MR) is 123 cm³/mol. The number of hydrogen-bond acceptors (Lipinski definition) is 7. The maximum Gasteiger partial charge on any atom is 0.231 e. The zero-order valence-electron chi connectivity index (χ0n) is 16.9. The second kappa shape index (κ2) is 9.36. The molecule has 0 amide bonds. The van der Waals surface area contributed by atoms with Crippen LogP contribution in [0.5, 0.6) is 17.2 Å². The fourth-order valence-corrected chi connectivity index (χ4v) is 3.35. The number of ether oxygens (including phenoxy) is 3. The van der Waals surface area contributed by atoms with Crippen molar-refractivity contribution in [2.75, 3.05) is 37.6 Å². The van der Waals surface area contributed by atoms with Crippen LogP contribution in [0.3, 0.4) is 0 Å². The third kappa shape index (κ3) is 4.87. The summed E-state index contributed by atoms with van der Waals surface area (Å²) < 4.78 is 15.9. The number of anilines is 2. The lowest BCUT2D eigenvalue weighted by Gasteiger charge is -2.12. The average molecular weight is 436 g/mol. The molecule has 0 spiro atoms. The van der Waals surface area contributed by atoms with Crippen LogP contribution in [-0.2, 0) is 0 Å². The first-order chi connectivity index (χ1) is 15.2. The molecule has 2 heterocycles. The molecule has 0 bridgehead atoms. The molecular weight excluding hydrogens is 414 g/mol. The summed E-state index contributed by atoms with van der Waals surface area (Å²) in [5, 5.41) is 20.4. The van der Waals surface area contributed by atoms with E-state index in [1.54, 1.807) is 13.2 Å². The number of nitriles is 1. The number of aromatic nitrogens is 1. The first-order valence-corrected chi connectivity index (χ1v) is 10.1. The van der Waals surface area contributed by atoms with Crippen molar-refractivity contribution in [3.63, 3.8) is 0 Å². The summed E-state index contributed by atoms with van der Waals surface area (Å²) in [6, 6.07) is 15.2. The van der Waals surface area contributed by atoms with Gasteiger partial charge in [0.15, 0.2) is 16.6 Å². The minimum Gasteiger partial charge on any atom is -0.497 e. The lowest BCUT2D eigenvalue weighted by Crippen LogP contribution is -2.30. The van der Waals surface area contributed by atoms with E-state index in [0.717, 1.165) is 28.8 Å². The van der Waals surface area contributed by atoms with Crippen molar-refractivity contribution in [2.24, 2.45) is 0 Å². The van der Waals surface area contributed by atoms with Crippen LogP contribution in [0.25, 0.3) is 10.9 Å². The fraction of sp³-hybridized carbons (Fsp3) is 0.227. The Morgan fingerprint density at radius 1 is 1.16 bits per heavy atom. The van der Waals surface area contributed by atoms with Gasteiger partial charge in [-0.1, -0.05) is 0 Å². The summed E-state index contributed by atoms with van der Waals surface area (Å²) in [7, 11) is 1.63. The summed E-state index contributed by atoms with van der Waals surface area (Å²) in [6.07, 6.45) is 0.788. The molecule has 0 radical (unpaired) electrons. The van der Waals surface area contributed by atoms with Gasteiger partial charge in [-0.15, -0.1) is 0 Å². The van der Waals surface area contributed by atoms with Crippen LogP contribution in [0, 0.1) is 11.3 Å². The van der Waals surface area contributed by atoms with Gasteiger partial charge in [-0.25, -0.2) is 4.98 Å². The SMILES string of the molecule is COc1ccc(NC(=S)NCCCNc2nc3cc4c(cc3cc2C#N)OCO4)cc1. The van der Waals surface area contributed by atoms with E-state index in [1.807, 2.05) is 36.4 Å². The number of rotatable bonds is 7. The highest BCUT2D eigenvalue weighted by Gasteiger charge is 2.16. The van der Waals surface area contributed by atoms with Crippen LogP contribution in [0.1, 0.15) is 12.0 Å². The molecule has 0 unspecified atom stereocenters. The van der Waals surface area contributed by atoms with Crippen molar-refractivity contribution in [2.45, 2.75) is 6.42 Å². The van der Waals surface area contributed by atoms with E-state index in [1.165, 1.54) is 0 Å². The number of nitrogens with one attached hydrogen (secondary N) is 3. The number of hydrogen-bond donors (Lipinski definition) is 3. The maximum atomic E-state index is 9.49. The van der Waals surface area contributed by atoms with Crippen LogP contribution >= 0.6 is 12.2 Å². The summed E-state index contributed by atoms with van der Waals surface area (Å²) in [5.41, 5.74) is 2.11. The zero-order valence-corrected chi connectivity index (χ0v) is 17.7. The lowest BCUT2D eigenvalue weighted by molar-refractivity contribution is 0.174. The van der Waals surface area contributed by atoms with E-state index in [9.17, 15) is 5.26 Å². The molecule has 0 aliphatic carbocycles. The second-order valence-electron chi connectivity index (χ2n) is 6.78. The highest BCUT2D eigenvalue weighted by molar-refractivity contribution is 7.80. The molecule has 0 saturated heterocycles. The smallest absolute Gasteiger partial charge is 0.231 e. The number of methoxy groups -OCH3 is 1. The molecule has 31 heavy (non-hydrogen) atoms. The fourth-order valence-electron chi connectivity index (χ4n) is 3.13. The summed E-state index contributed by atoms with van der Waals surface area (Å²) in [5.74, 6) is 2.68. The molecule has 2 aromatic carbocycles. The Hall–Kier alpha value is -3.77. The third-order valence-electron chi connectivity index (χ3n) is 4.71.